The maximum atomic E-state index is 5.90. The second kappa shape index (κ2) is 13.0. The zero-order chi connectivity index (χ0) is 19.3. The van der Waals surface area contributed by atoms with Crippen LogP contribution in [0.1, 0.15) is 91.4 Å². The average molecular weight is 371 g/mol. The van der Waals surface area contributed by atoms with Gasteiger partial charge in [0, 0.05) is 0 Å². The van der Waals surface area contributed by atoms with Crippen molar-refractivity contribution in [1.29, 1.82) is 0 Å². The summed E-state index contributed by atoms with van der Waals surface area (Å²) in [5.41, 5.74) is 1.76. The number of hydrogen-bond acceptors (Lipinski definition) is 1. The van der Waals surface area contributed by atoms with Gasteiger partial charge in [-0.05, 0) is 68.4 Å². The molecule has 1 heteroatoms. The summed E-state index contributed by atoms with van der Waals surface area (Å²) in [7, 11) is 0. The van der Waals surface area contributed by atoms with Crippen LogP contribution in [0.4, 0.5) is 0 Å². The van der Waals surface area contributed by atoms with Crippen molar-refractivity contribution in [3.8, 4) is 5.75 Å². The van der Waals surface area contributed by atoms with Gasteiger partial charge in [-0.25, -0.2) is 0 Å². The third kappa shape index (κ3) is 8.11. The SMILES string of the molecule is CCCCCC(C)C1CC=C(C(CCC)CCCOc2ccccc2)CC1. The van der Waals surface area contributed by atoms with Gasteiger partial charge in [-0.15, -0.1) is 0 Å². The lowest BCUT2D eigenvalue weighted by Crippen LogP contribution is -2.18. The van der Waals surface area contributed by atoms with E-state index in [2.05, 4.69) is 39.0 Å². The quantitative estimate of drug-likeness (QED) is 0.251. The van der Waals surface area contributed by atoms with Crippen molar-refractivity contribution in [3.63, 3.8) is 0 Å². The molecule has 0 aliphatic heterocycles. The molecule has 152 valence electrons. The third-order valence-electron chi connectivity index (χ3n) is 6.42. The molecule has 0 aromatic heterocycles. The van der Waals surface area contributed by atoms with Crippen LogP contribution < -0.4 is 4.74 Å². The summed E-state index contributed by atoms with van der Waals surface area (Å²) < 4.78 is 5.90. The summed E-state index contributed by atoms with van der Waals surface area (Å²) >= 11 is 0. The molecule has 1 aliphatic carbocycles. The predicted octanol–water partition coefficient (Wildman–Crippen LogP) is 8.20. The Kier molecular flexibility index (Phi) is 10.6. The highest BCUT2D eigenvalue weighted by Gasteiger charge is 2.23. The molecule has 1 aromatic rings. The van der Waals surface area contributed by atoms with Gasteiger partial charge < -0.3 is 4.74 Å². The van der Waals surface area contributed by atoms with E-state index in [1.54, 1.807) is 5.57 Å². The number of para-hydroxylation sites is 1. The zero-order valence-electron chi connectivity index (χ0n) is 18.1. The lowest BCUT2D eigenvalue weighted by atomic mass is 9.75. The van der Waals surface area contributed by atoms with E-state index in [1.165, 1.54) is 64.2 Å². The van der Waals surface area contributed by atoms with Crippen LogP contribution >= 0.6 is 0 Å². The molecule has 0 radical (unpaired) electrons. The summed E-state index contributed by atoms with van der Waals surface area (Å²) in [5, 5.41) is 0. The van der Waals surface area contributed by atoms with E-state index in [0.717, 1.165) is 36.5 Å². The van der Waals surface area contributed by atoms with Gasteiger partial charge >= 0.3 is 0 Å². The van der Waals surface area contributed by atoms with Crippen molar-refractivity contribution >= 4 is 0 Å². The molecule has 0 saturated heterocycles. The Balaban J connectivity index is 1.75. The van der Waals surface area contributed by atoms with Gasteiger partial charge in [-0.3, -0.25) is 0 Å². The Bertz CT molecular complexity index is 518. The molecule has 27 heavy (non-hydrogen) atoms. The highest BCUT2D eigenvalue weighted by molar-refractivity contribution is 5.20. The number of hydrogen-bond donors (Lipinski definition) is 0. The van der Waals surface area contributed by atoms with Crippen molar-refractivity contribution in [3.05, 3.63) is 42.0 Å². The molecule has 0 saturated carbocycles. The fourth-order valence-corrected chi connectivity index (χ4v) is 4.61. The molecule has 0 fully saturated rings. The fourth-order valence-electron chi connectivity index (χ4n) is 4.61. The molecule has 3 atom stereocenters. The molecule has 0 heterocycles. The standard InChI is InChI=1S/C26H42O/c1-4-6-8-13-22(3)23-17-19-25(20-18-23)24(12-5-2)14-11-21-27-26-15-9-7-10-16-26/h7,9-10,15-16,19,22-24H,4-6,8,11-14,17-18,20-21H2,1-3H3. The molecule has 3 unspecified atom stereocenters. The minimum absolute atomic E-state index is 0.783. The van der Waals surface area contributed by atoms with Gasteiger partial charge in [0.05, 0.1) is 6.61 Å². The van der Waals surface area contributed by atoms with Gasteiger partial charge in [0.15, 0.2) is 0 Å². The molecule has 0 amide bonds. The first-order valence-corrected chi connectivity index (χ1v) is 11.6. The Labute approximate surface area is 168 Å². The minimum atomic E-state index is 0.783. The average Bonchev–Trinajstić information content (AvgIpc) is 2.71. The van der Waals surface area contributed by atoms with E-state index in [9.17, 15) is 0 Å². The lowest BCUT2D eigenvalue weighted by Gasteiger charge is -2.30. The Morgan fingerprint density at radius 2 is 1.78 bits per heavy atom. The van der Waals surface area contributed by atoms with Crippen LogP contribution in [0, 0.1) is 17.8 Å². The fraction of sp³-hybridized carbons (Fsp3) is 0.692. The summed E-state index contributed by atoms with van der Waals surface area (Å²) in [6.07, 6.45) is 17.4. The summed E-state index contributed by atoms with van der Waals surface area (Å²) in [4.78, 5) is 0. The Hall–Kier alpha value is -1.24. The van der Waals surface area contributed by atoms with Gasteiger partial charge in [0.1, 0.15) is 5.75 Å². The summed E-state index contributed by atoms with van der Waals surface area (Å²) in [6.45, 7) is 7.97. The van der Waals surface area contributed by atoms with Gasteiger partial charge in [0.2, 0.25) is 0 Å². The molecule has 0 spiro atoms. The predicted molar refractivity (Wildman–Crippen MR) is 118 cm³/mol. The maximum absolute atomic E-state index is 5.90. The molecule has 1 nitrogen and oxygen atoms in total. The molecule has 2 rings (SSSR count). The van der Waals surface area contributed by atoms with Crippen molar-refractivity contribution in [2.45, 2.75) is 91.4 Å². The van der Waals surface area contributed by atoms with E-state index in [4.69, 9.17) is 4.74 Å². The second-order valence-electron chi connectivity index (χ2n) is 8.58. The first-order chi connectivity index (χ1) is 13.2. The molecular weight excluding hydrogens is 328 g/mol. The number of benzene rings is 1. The van der Waals surface area contributed by atoms with E-state index in [1.807, 2.05) is 18.2 Å². The molecular formula is C26H42O. The molecule has 0 bridgehead atoms. The number of rotatable bonds is 13. The molecule has 0 N–H and O–H groups in total. The maximum Gasteiger partial charge on any atom is 0.119 e. The second-order valence-corrected chi connectivity index (χ2v) is 8.58. The largest absolute Gasteiger partial charge is 0.494 e. The monoisotopic (exact) mass is 370 g/mol. The van der Waals surface area contributed by atoms with E-state index >= 15 is 0 Å². The Morgan fingerprint density at radius 1 is 0.963 bits per heavy atom. The summed E-state index contributed by atoms with van der Waals surface area (Å²) in [5.74, 6) is 3.61. The first-order valence-electron chi connectivity index (χ1n) is 11.6. The number of ether oxygens (including phenoxy) is 1. The van der Waals surface area contributed by atoms with Crippen molar-refractivity contribution in [2.24, 2.45) is 17.8 Å². The molecule has 1 aromatic carbocycles. The number of unbranched alkanes of at least 4 members (excludes halogenated alkanes) is 2. The van der Waals surface area contributed by atoms with Crippen molar-refractivity contribution in [2.75, 3.05) is 6.61 Å². The van der Waals surface area contributed by atoms with Gasteiger partial charge in [-0.2, -0.15) is 0 Å². The minimum Gasteiger partial charge on any atom is -0.494 e. The van der Waals surface area contributed by atoms with Crippen LogP contribution in [0.15, 0.2) is 42.0 Å². The molecule has 1 aliphatic rings. The normalized spacial score (nSPS) is 19.4. The van der Waals surface area contributed by atoms with Gasteiger partial charge in [0.25, 0.3) is 0 Å². The third-order valence-corrected chi connectivity index (χ3v) is 6.42. The topological polar surface area (TPSA) is 9.23 Å². The van der Waals surface area contributed by atoms with Crippen LogP contribution in [0.5, 0.6) is 5.75 Å². The van der Waals surface area contributed by atoms with Crippen LogP contribution in [-0.4, -0.2) is 6.61 Å². The van der Waals surface area contributed by atoms with Crippen LogP contribution in [-0.2, 0) is 0 Å². The Morgan fingerprint density at radius 3 is 2.44 bits per heavy atom. The van der Waals surface area contributed by atoms with E-state index in [-0.39, 0.29) is 0 Å². The lowest BCUT2D eigenvalue weighted by molar-refractivity contribution is 0.280. The number of allylic oxidation sites excluding steroid dienone is 2. The zero-order valence-corrected chi connectivity index (χ0v) is 18.1. The van der Waals surface area contributed by atoms with Crippen LogP contribution in [0.3, 0.4) is 0 Å². The summed E-state index contributed by atoms with van der Waals surface area (Å²) in [6, 6.07) is 10.2. The van der Waals surface area contributed by atoms with Crippen LogP contribution in [0.25, 0.3) is 0 Å². The van der Waals surface area contributed by atoms with E-state index in [0.29, 0.717) is 0 Å². The van der Waals surface area contributed by atoms with Crippen molar-refractivity contribution in [1.82, 2.24) is 0 Å². The van der Waals surface area contributed by atoms with Crippen LogP contribution in [0.2, 0.25) is 0 Å². The van der Waals surface area contributed by atoms with Gasteiger partial charge in [-0.1, -0.05) is 82.7 Å². The van der Waals surface area contributed by atoms with E-state index < -0.39 is 0 Å². The van der Waals surface area contributed by atoms with Crippen molar-refractivity contribution < 1.29 is 4.74 Å². The smallest absolute Gasteiger partial charge is 0.119 e. The highest BCUT2D eigenvalue weighted by Crippen LogP contribution is 2.37. The highest BCUT2D eigenvalue weighted by atomic mass is 16.5. The first kappa shape index (κ1) is 22.1.